The Bertz CT molecular complexity index is 96.1. The molecule has 0 aliphatic heterocycles. The molecule has 0 aromatic carbocycles. The van der Waals surface area contributed by atoms with E-state index in [0.29, 0.717) is 6.04 Å². The lowest BCUT2D eigenvalue weighted by molar-refractivity contribution is 0.0925. The molecule has 0 amide bonds. The Hall–Kier alpha value is -0.120. The van der Waals surface area contributed by atoms with Gasteiger partial charge in [0.05, 0.1) is 0 Å². The van der Waals surface area contributed by atoms with Gasteiger partial charge in [0.15, 0.2) is 0 Å². The number of aliphatic hydroxyl groups is 1. The van der Waals surface area contributed by atoms with Gasteiger partial charge >= 0.3 is 0 Å². The van der Waals surface area contributed by atoms with E-state index in [1.54, 1.807) is 0 Å². The quantitative estimate of drug-likeness (QED) is 0.507. The molecule has 68 valence electrons. The molecular formula is C8H20N2O. The highest BCUT2D eigenvalue weighted by Crippen LogP contribution is 1.90. The summed E-state index contributed by atoms with van der Waals surface area (Å²) in [5.74, 6) is 0. The maximum absolute atomic E-state index is 9.45. The average Bonchev–Trinajstić information content (AvgIpc) is 1.86. The molecule has 2 unspecified atom stereocenters. The van der Waals surface area contributed by atoms with Gasteiger partial charge in [-0.05, 0) is 27.3 Å². The third-order valence-electron chi connectivity index (χ3n) is 1.50. The normalized spacial score (nSPS) is 16.9. The van der Waals surface area contributed by atoms with Crippen LogP contribution in [0.25, 0.3) is 0 Å². The molecule has 0 rings (SSSR count). The molecule has 0 aromatic heterocycles. The minimum Gasteiger partial charge on any atom is -0.377 e. The summed E-state index contributed by atoms with van der Waals surface area (Å²) in [6.45, 7) is 8.91. The van der Waals surface area contributed by atoms with Gasteiger partial charge in [-0.2, -0.15) is 0 Å². The smallest absolute Gasteiger partial charge is 0.120 e. The second-order valence-corrected chi connectivity index (χ2v) is 3.11. The van der Waals surface area contributed by atoms with E-state index in [4.69, 9.17) is 0 Å². The third kappa shape index (κ3) is 5.18. The molecule has 0 fully saturated rings. The molecule has 0 aliphatic carbocycles. The van der Waals surface area contributed by atoms with Crippen molar-refractivity contribution in [2.75, 3.05) is 6.54 Å². The van der Waals surface area contributed by atoms with Crippen LogP contribution in [-0.4, -0.2) is 30.0 Å². The molecule has 11 heavy (non-hydrogen) atoms. The van der Waals surface area contributed by atoms with Crippen LogP contribution in [0.15, 0.2) is 0 Å². The lowest BCUT2D eigenvalue weighted by atomic mass is 10.2. The zero-order valence-electron chi connectivity index (χ0n) is 7.89. The summed E-state index contributed by atoms with van der Waals surface area (Å²) in [6.07, 6.45) is -0.449. The van der Waals surface area contributed by atoms with E-state index in [1.807, 2.05) is 27.7 Å². The van der Waals surface area contributed by atoms with Crippen molar-refractivity contribution in [3.63, 3.8) is 0 Å². The van der Waals surface area contributed by atoms with Gasteiger partial charge in [-0.25, -0.2) is 0 Å². The van der Waals surface area contributed by atoms with Crippen LogP contribution in [0.3, 0.4) is 0 Å². The van der Waals surface area contributed by atoms with Gasteiger partial charge < -0.3 is 10.4 Å². The average molecular weight is 160 g/mol. The number of nitrogens with one attached hydrogen (secondary N) is 2. The van der Waals surface area contributed by atoms with E-state index >= 15 is 0 Å². The highest BCUT2D eigenvalue weighted by molar-refractivity contribution is 4.69. The van der Waals surface area contributed by atoms with Crippen LogP contribution in [0.4, 0.5) is 0 Å². The fraction of sp³-hybridized carbons (Fsp3) is 1.00. The maximum Gasteiger partial charge on any atom is 0.120 e. The second-order valence-electron chi connectivity index (χ2n) is 3.11. The largest absolute Gasteiger partial charge is 0.377 e. The molecule has 0 radical (unpaired) electrons. The van der Waals surface area contributed by atoms with Crippen LogP contribution in [0.5, 0.6) is 0 Å². The highest BCUT2D eigenvalue weighted by Gasteiger charge is 2.12. The molecule has 0 aliphatic rings. The van der Waals surface area contributed by atoms with E-state index in [1.165, 1.54) is 0 Å². The minimum absolute atomic E-state index is 0.113. The molecule has 0 aromatic rings. The minimum atomic E-state index is -0.449. The van der Waals surface area contributed by atoms with Gasteiger partial charge in [-0.3, -0.25) is 5.32 Å². The van der Waals surface area contributed by atoms with E-state index < -0.39 is 6.23 Å². The predicted octanol–water partition coefficient (Wildman–Crippen LogP) is 0.301. The summed E-state index contributed by atoms with van der Waals surface area (Å²) in [7, 11) is 0. The summed E-state index contributed by atoms with van der Waals surface area (Å²) < 4.78 is 0. The Kier molecular flexibility index (Phi) is 5.46. The van der Waals surface area contributed by atoms with Crippen LogP contribution < -0.4 is 10.6 Å². The standard InChI is InChI=1S/C8H20N2O/c1-5-9-7(4)8(11)10-6(2)3/h6-11H,5H2,1-4H3. The van der Waals surface area contributed by atoms with Gasteiger partial charge in [-0.1, -0.05) is 6.92 Å². The van der Waals surface area contributed by atoms with Crippen LogP contribution >= 0.6 is 0 Å². The number of hydrogen-bond donors (Lipinski definition) is 3. The summed E-state index contributed by atoms with van der Waals surface area (Å²) in [5, 5.41) is 15.6. The van der Waals surface area contributed by atoms with Gasteiger partial charge in [-0.15, -0.1) is 0 Å². The van der Waals surface area contributed by atoms with Crippen molar-refractivity contribution in [2.24, 2.45) is 0 Å². The summed E-state index contributed by atoms with van der Waals surface area (Å²) >= 11 is 0. The molecule has 0 bridgehead atoms. The molecular weight excluding hydrogens is 140 g/mol. The predicted molar refractivity (Wildman–Crippen MR) is 47.4 cm³/mol. The number of hydrogen-bond acceptors (Lipinski definition) is 3. The first kappa shape index (κ1) is 10.9. The van der Waals surface area contributed by atoms with E-state index in [2.05, 4.69) is 10.6 Å². The topological polar surface area (TPSA) is 44.3 Å². The van der Waals surface area contributed by atoms with Crippen molar-refractivity contribution in [2.45, 2.75) is 46.0 Å². The summed E-state index contributed by atoms with van der Waals surface area (Å²) in [4.78, 5) is 0. The zero-order valence-corrected chi connectivity index (χ0v) is 7.89. The molecule has 3 heteroatoms. The fourth-order valence-electron chi connectivity index (χ4n) is 0.919. The number of likely N-dealkylation sites (N-methyl/N-ethyl adjacent to an activating group) is 1. The first-order valence-electron chi connectivity index (χ1n) is 4.25. The van der Waals surface area contributed by atoms with Crippen LogP contribution in [0.1, 0.15) is 27.7 Å². The molecule has 3 N–H and O–H groups in total. The lowest BCUT2D eigenvalue weighted by Crippen LogP contribution is -2.48. The number of rotatable bonds is 5. The second kappa shape index (κ2) is 5.52. The maximum atomic E-state index is 9.45. The van der Waals surface area contributed by atoms with Crippen LogP contribution in [0.2, 0.25) is 0 Å². The van der Waals surface area contributed by atoms with E-state index in [9.17, 15) is 5.11 Å². The fourth-order valence-corrected chi connectivity index (χ4v) is 0.919. The van der Waals surface area contributed by atoms with Crippen molar-refractivity contribution >= 4 is 0 Å². The zero-order chi connectivity index (χ0) is 8.85. The lowest BCUT2D eigenvalue weighted by Gasteiger charge is -2.22. The molecule has 2 atom stereocenters. The number of aliphatic hydroxyl groups excluding tert-OH is 1. The van der Waals surface area contributed by atoms with E-state index in [0.717, 1.165) is 6.54 Å². The Morgan fingerprint density at radius 3 is 2.18 bits per heavy atom. The van der Waals surface area contributed by atoms with E-state index in [-0.39, 0.29) is 6.04 Å². The Balaban J connectivity index is 3.54. The molecule has 0 saturated heterocycles. The molecule has 0 heterocycles. The van der Waals surface area contributed by atoms with Gasteiger partial charge in [0.1, 0.15) is 6.23 Å². The Morgan fingerprint density at radius 1 is 1.27 bits per heavy atom. The van der Waals surface area contributed by atoms with Crippen LogP contribution in [-0.2, 0) is 0 Å². The van der Waals surface area contributed by atoms with Crippen molar-refractivity contribution < 1.29 is 5.11 Å². The molecule has 3 nitrogen and oxygen atoms in total. The first-order chi connectivity index (χ1) is 5.07. The first-order valence-corrected chi connectivity index (χ1v) is 4.25. The van der Waals surface area contributed by atoms with Crippen molar-refractivity contribution in [1.29, 1.82) is 0 Å². The monoisotopic (exact) mass is 160 g/mol. The highest BCUT2D eigenvalue weighted by atomic mass is 16.3. The van der Waals surface area contributed by atoms with Gasteiger partial charge in [0.2, 0.25) is 0 Å². The van der Waals surface area contributed by atoms with Crippen molar-refractivity contribution in [3.8, 4) is 0 Å². The Morgan fingerprint density at radius 2 is 1.82 bits per heavy atom. The SMILES string of the molecule is CCNC(C)C(O)NC(C)C. The van der Waals surface area contributed by atoms with Crippen LogP contribution in [0, 0.1) is 0 Å². The van der Waals surface area contributed by atoms with Gasteiger partial charge in [0.25, 0.3) is 0 Å². The Labute approximate surface area is 69.2 Å². The summed E-state index contributed by atoms with van der Waals surface area (Å²) in [5.41, 5.74) is 0. The molecule has 0 saturated carbocycles. The van der Waals surface area contributed by atoms with Gasteiger partial charge in [0, 0.05) is 12.1 Å². The molecule has 0 spiro atoms. The van der Waals surface area contributed by atoms with Crippen molar-refractivity contribution in [1.82, 2.24) is 10.6 Å². The third-order valence-corrected chi connectivity index (χ3v) is 1.50. The summed E-state index contributed by atoms with van der Waals surface area (Å²) in [6, 6.07) is 0.438. The van der Waals surface area contributed by atoms with Crippen molar-refractivity contribution in [3.05, 3.63) is 0 Å².